The zero-order valence-corrected chi connectivity index (χ0v) is 16.2. The summed E-state index contributed by atoms with van der Waals surface area (Å²) in [7, 11) is 0. The standard InChI is InChI=1S/C20H23F2NO3S/c1-3-25-18-12-16(8-9-17(18)26-20(21)22)19(24)23-10-11-27-13-15-6-4-14(2)5-7-15/h4-9,12,20H,3,10-11,13H2,1-2H3,(H,23,24). The smallest absolute Gasteiger partial charge is 0.387 e. The van der Waals surface area contributed by atoms with Crippen molar-refractivity contribution >= 4 is 17.7 Å². The van der Waals surface area contributed by atoms with Gasteiger partial charge < -0.3 is 14.8 Å². The number of aryl methyl sites for hydroxylation is 1. The van der Waals surface area contributed by atoms with Crippen LogP contribution in [0.25, 0.3) is 0 Å². The average molecular weight is 395 g/mol. The number of hydrogen-bond donors (Lipinski definition) is 1. The van der Waals surface area contributed by atoms with Crippen LogP contribution < -0.4 is 14.8 Å². The SMILES string of the molecule is CCOc1cc(C(=O)NCCSCc2ccc(C)cc2)ccc1OC(F)F. The second kappa shape index (κ2) is 10.8. The summed E-state index contributed by atoms with van der Waals surface area (Å²) in [5, 5.41) is 2.82. The molecule has 7 heteroatoms. The van der Waals surface area contributed by atoms with Gasteiger partial charge in [-0.2, -0.15) is 20.5 Å². The van der Waals surface area contributed by atoms with Crippen molar-refractivity contribution in [2.75, 3.05) is 18.9 Å². The zero-order valence-electron chi connectivity index (χ0n) is 15.3. The summed E-state index contributed by atoms with van der Waals surface area (Å²) < 4.78 is 34.5. The molecule has 0 aliphatic rings. The fraction of sp³-hybridized carbons (Fsp3) is 0.350. The Hall–Kier alpha value is -2.28. The molecule has 0 bridgehead atoms. The van der Waals surface area contributed by atoms with Crippen LogP contribution in [-0.2, 0) is 5.75 Å². The van der Waals surface area contributed by atoms with E-state index in [1.54, 1.807) is 18.7 Å². The predicted molar refractivity (Wildman–Crippen MR) is 104 cm³/mol. The maximum absolute atomic E-state index is 12.4. The van der Waals surface area contributed by atoms with Crippen molar-refractivity contribution in [2.45, 2.75) is 26.2 Å². The molecule has 0 fully saturated rings. The fourth-order valence-corrected chi connectivity index (χ4v) is 3.14. The Labute approximate surface area is 162 Å². The molecule has 1 amide bonds. The molecule has 0 aromatic heterocycles. The van der Waals surface area contributed by atoms with Gasteiger partial charge in [-0.05, 0) is 37.6 Å². The molecule has 146 valence electrons. The highest BCUT2D eigenvalue weighted by Crippen LogP contribution is 2.29. The predicted octanol–water partition coefficient (Wildman–Crippen LogP) is 4.66. The monoisotopic (exact) mass is 395 g/mol. The molecule has 2 rings (SSSR count). The Balaban J connectivity index is 1.82. The highest BCUT2D eigenvalue weighted by Gasteiger charge is 2.14. The van der Waals surface area contributed by atoms with Crippen molar-refractivity contribution in [3.05, 3.63) is 59.2 Å². The van der Waals surface area contributed by atoms with E-state index in [0.717, 1.165) is 11.5 Å². The van der Waals surface area contributed by atoms with Crippen LogP contribution in [0.3, 0.4) is 0 Å². The quantitative estimate of drug-likeness (QED) is 0.595. The van der Waals surface area contributed by atoms with Gasteiger partial charge >= 0.3 is 6.61 Å². The molecule has 2 aromatic carbocycles. The average Bonchev–Trinajstić information content (AvgIpc) is 2.64. The summed E-state index contributed by atoms with van der Waals surface area (Å²) in [6.07, 6.45) is 0. The number of carbonyl (C=O) groups is 1. The molecule has 0 atom stereocenters. The summed E-state index contributed by atoms with van der Waals surface area (Å²) in [5.74, 6) is 1.40. The fourth-order valence-electron chi connectivity index (χ4n) is 2.32. The van der Waals surface area contributed by atoms with Crippen molar-refractivity contribution in [2.24, 2.45) is 0 Å². The third kappa shape index (κ3) is 7.09. The molecule has 0 aliphatic heterocycles. The highest BCUT2D eigenvalue weighted by molar-refractivity contribution is 7.98. The Bertz CT molecular complexity index is 739. The molecular formula is C20H23F2NO3S. The first kappa shape index (κ1) is 21.0. The second-order valence-electron chi connectivity index (χ2n) is 5.77. The molecule has 1 N–H and O–H groups in total. The van der Waals surface area contributed by atoms with Gasteiger partial charge in [0.25, 0.3) is 5.91 Å². The first-order valence-corrected chi connectivity index (χ1v) is 9.78. The van der Waals surface area contributed by atoms with Crippen LogP contribution in [0.15, 0.2) is 42.5 Å². The molecule has 0 saturated carbocycles. The number of amides is 1. The molecule has 0 unspecified atom stereocenters. The third-order valence-corrected chi connectivity index (χ3v) is 4.67. The number of rotatable bonds is 10. The van der Waals surface area contributed by atoms with E-state index in [1.165, 1.54) is 29.3 Å². The maximum atomic E-state index is 12.4. The number of nitrogens with one attached hydrogen (secondary N) is 1. The summed E-state index contributed by atoms with van der Waals surface area (Å²) in [6, 6.07) is 12.5. The Kier molecular flexibility index (Phi) is 8.39. The van der Waals surface area contributed by atoms with E-state index >= 15 is 0 Å². The lowest BCUT2D eigenvalue weighted by molar-refractivity contribution is -0.0514. The largest absolute Gasteiger partial charge is 0.490 e. The van der Waals surface area contributed by atoms with Gasteiger partial charge in [-0.25, -0.2) is 0 Å². The summed E-state index contributed by atoms with van der Waals surface area (Å²) in [6.45, 7) is 1.61. The number of hydrogen-bond acceptors (Lipinski definition) is 4. The highest BCUT2D eigenvalue weighted by atomic mass is 32.2. The molecule has 27 heavy (non-hydrogen) atoms. The van der Waals surface area contributed by atoms with Crippen LogP contribution >= 0.6 is 11.8 Å². The van der Waals surface area contributed by atoms with Gasteiger partial charge in [0.2, 0.25) is 0 Å². The molecular weight excluding hydrogens is 372 g/mol. The third-order valence-electron chi connectivity index (χ3n) is 3.64. The number of halogens is 2. The molecule has 2 aromatic rings. The molecule has 0 spiro atoms. The van der Waals surface area contributed by atoms with Crippen molar-refractivity contribution in [1.82, 2.24) is 5.32 Å². The molecule has 0 heterocycles. The number of benzene rings is 2. The minimum absolute atomic E-state index is 0.0861. The van der Waals surface area contributed by atoms with Crippen molar-refractivity contribution in [1.29, 1.82) is 0 Å². The maximum Gasteiger partial charge on any atom is 0.387 e. The van der Waals surface area contributed by atoms with Crippen molar-refractivity contribution in [3.63, 3.8) is 0 Å². The van der Waals surface area contributed by atoms with Crippen LogP contribution in [0, 0.1) is 6.92 Å². The Morgan fingerprint density at radius 2 is 1.89 bits per heavy atom. The molecule has 4 nitrogen and oxygen atoms in total. The van der Waals surface area contributed by atoms with Crippen LogP contribution in [-0.4, -0.2) is 31.4 Å². The normalized spacial score (nSPS) is 10.7. The van der Waals surface area contributed by atoms with Gasteiger partial charge in [-0.3, -0.25) is 4.79 Å². The van der Waals surface area contributed by atoms with Gasteiger partial charge in [0.15, 0.2) is 11.5 Å². The molecule has 0 aliphatic carbocycles. The van der Waals surface area contributed by atoms with Gasteiger partial charge in [0.1, 0.15) is 0 Å². The van der Waals surface area contributed by atoms with E-state index in [0.29, 0.717) is 12.1 Å². The number of alkyl halides is 2. The van der Waals surface area contributed by atoms with Gasteiger partial charge in [0.05, 0.1) is 6.61 Å². The van der Waals surface area contributed by atoms with Crippen LogP contribution in [0.4, 0.5) is 8.78 Å². The van der Waals surface area contributed by atoms with Crippen LogP contribution in [0.5, 0.6) is 11.5 Å². The van der Waals surface area contributed by atoms with E-state index in [9.17, 15) is 13.6 Å². The van der Waals surface area contributed by atoms with E-state index in [2.05, 4.69) is 41.2 Å². The van der Waals surface area contributed by atoms with Gasteiger partial charge in [-0.1, -0.05) is 29.8 Å². The van der Waals surface area contributed by atoms with Gasteiger partial charge in [-0.15, -0.1) is 0 Å². The Morgan fingerprint density at radius 3 is 2.56 bits per heavy atom. The molecule has 0 radical (unpaired) electrons. The van der Waals surface area contributed by atoms with E-state index < -0.39 is 6.61 Å². The first-order valence-electron chi connectivity index (χ1n) is 8.62. The topological polar surface area (TPSA) is 47.6 Å². The number of ether oxygens (including phenoxy) is 2. The summed E-state index contributed by atoms with van der Waals surface area (Å²) >= 11 is 1.73. The minimum Gasteiger partial charge on any atom is -0.490 e. The van der Waals surface area contributed by atoms with Gasteiger partial charge in [0, 0.05) is 23.6 Å². The molecule has 0 saturated heterocycles. The lowest BCUT2D eigenvalue weighted by Crippen LogP contribution is -2.25. The first-order chi connectivity index (χ1) is 13.0. The Morgan fingerprint density at radius 1 is 1.15 bits per heavy atom. The zero-order chi connectivity index (χ0) is 19.6. The lowest BCUT2D eigenvalue weighted by atomic mass is 10.2. The minimum atomic E-state index is -2.95. The van der Waals surface area contributed by atoms with E-state index in [4.69, 9.17) is 4.74 Å². The number of carbonyl (C=O) groups excluding carboxylic acids is 1. The van der Waals surface area contributed by atoms with E-state index in [-0.39, 0.29) is 24.0 Å². The lowest BCUT2D eigenvalue weighted by Gasteiger charge is -2.12. The van der Waals surface area contributed by atoms with Crippen LogP contribution in [0.2, 0.25) is 0 Å². The van der Waals surface area contributed by atoms with Crippen molar-refractivity contribution < 1.29 is 23.0 Å². The second-order valence-corrected chi connectivity index (χ2v) is 6.87. The summed E-state index contributed by atoms with van der Waals surface area (Å²) in [5.41, 5.74) is 2.81. The summed E-state index contributed by atoms with van der Waals surface area (Å²) in [4.78, 5) is 12.2. The number of thioether (sulfide) groups is 1. The van der Waals surface area contributed by atoms with E-state index in [1.807, 2.05) is 0 Å². The van der Waals surface area contributed by atoms with Crippen molar-refractivity contribution in [3.8, 4) is 11.5 Å². The van der Waals surface area contributed by atoms with Crippen LogP contribution in [0.1, 0.15) is 28.4 Å².